The summed E-state index contributed by atoms with van der Waals surface area (Å²) in [4.78, 5) is 0. The van der Waals surface area contributed by atoms with Gasteiger partial charge in [-0.2, -0.15) is 0 Å². The van der Waals surface area contributed by atoms with Crippen LogP contribution in [0.15, 0.2) is 121 Å². The SMILES string of the molecule is CC[Si](CC)(CC)OC(CNCc1cc(F)cc(F)c1)c1c(OCc2ccccc2)cc(OCc2ccccc2)cc1OCc1ccccc1. The van der Waals surface area contributed by atoms with Crippen molar-refractivity contribution in [3.05, 3.63) is 161 Å². The van der Waals surface area contributed by atoms with E-state index in [0.717, 1.165) is 46.5 Å². The molecule has 262 valence electrons. The Labute approximate surface area is 296 Å². The van der Waals surface area contributed by atoms with Crippen LogP contribution in [-0.4, -0.2) is 14.9 Å². The van der Waals surface area contributed by atoms with E-state index in [1.54, 1.807) is 0 Å². The third-order valence-electron chi connectivity index (χ3n) is 9.03. The zero-order valence-corrected chi connectivity index (χ0v) is 30.2. The lowest BCUT2D eigenvalue weighted by molar-refractivity contribution is 0.169. The highest BCUT2D eigenvalue weighted by molar-refractivity contribution is 6.73. The number of nitrogens with one attached hydrogen (secondary N) is 1. The van der Waals surface area contributed by atoms with Crippen LogP contribution < -0.4 is 19.5 Å². The Morgan fingerprint density at radius 2 is 1.00 bits per heavy atom. The molecule has 0 aliphatic rings. The van der Waals surface area contributed by atoms with Gasteiger partial charge >= 0.3 is 0 Å². The van der Waals surface area contributed by atoms with E-state index in [1.165, 1.54) is 12.1 Å². The average molecular weight is 696 g/mol. The van der Waals surface area contributed by atoms with E-state index in [0.29, 0.717) is 49.2 Å². The zero-order valence-electron chi connectivity index (χ0n) is 29.2. The van der Waals surface area contributed by atoms with Gasteiger partial charge in [-0.25, -0.2) is 8.78 Å². The molecule has 0 saturated heterocycles. The first-order chi connectivity index (χ1) is 24.4. The molecule has 0 saturated carbocycles. The van der Waals surface area contributed by atoms with Crippen molar-refractivity contribution in [3.8, 4) is 17.2 Å². The van der Waals surface area contributed by atoms with E-state index in [-0.39, 0.29) is 6.54 Å². The van der Waals surface area contributed by atoms with E-state index in [2.05, 4.69) is 26.1 Å². The topological polar surface area (TPSA) is 49.0 Å². The molecule has 0 amide bonds. The van der Waals surface area contributed by atoms with Gasteiger partial charge < -0.3 is 24.0 Å². The molecule has 0 spiro atoms. The van der Waals surface area contributed by atoms with Crippen molar-refractivity contribution in [1.82, 2.24) is 5.32 Å². The Balaban J connectivity index is 1.57. The van der Waals surface area contributed by atoms with Gasteiger partial charge in [0.2, 0.25) is 0 Å². The molecular weight excluding hydrogens is 649 g/mol. The number of halogens is 2. The Morgan fingerprint density at radius 3 is 1.44 bits per heavy atom. The third kappa shape index (κ3) is 10.5. The van der Waals surface area contributed by atoms with Gasteiger partial charge in [0.15, 0.2) is 8.32 Å². The van der Waals surface area contributed by atoms with Gasteiger partial charge in [0.25, 0.3) is 0 Å². The van der Waals surface area contributed by atoms with E-state index >= 15 is 0 Å². The molecule has 1 N–H and O–H groups in total. The predicted molar refractivity (Wildman–Crippen MR) is 198 cm³/mol. The number of ether oxygens (including phenoxy) is 3. The second kappa shape index (κ2) is 18.5. The standard InChI is InChI=1S/C42H47F2NO4Si/c1-4-50(5-2,6-3)49-41(28-45-27-35-22-36(43)24-37(44)23-35)42-39(47-30-33-18-12-8-13-19-33)25-38(46-29-32-16-10-7-11-17-32)26-40(42)48-31-34-20-14-9-15-21-34/h7-26,41,45H,4-6,27-31H2,1-3H3. The second-order valence-corrected chi connectivity index (χ2v) is 17.1. The van der Waals surface area contributed by atoms with Crippen LogP contribution in [0.25, 0.3) is 0 Å². The molecule has 8 heteroatoms. The van der Waals surface area contributed by atoms with Crippen molar-refractivity contribution < 1.29 is 27.4 Å². The highest BCUT2D eigenvalue weighted by Crippen LogP contribution is 2.43. The normalized spacial score (nSPS) is 12.0. The fraction of sp³-hybridized carbons (Fsp3) is 0.286. The van der Waals surface area contributed by atoms with Gasteiger partial charge in [0, 0.05) is 31.3 Å². The number of hydrogen-bond donors (Lipinski definition) is 1. The van der Waals surface area contributed by atoms with Crippen molar-refractivity contribution in [2.75, 3.05) is 6.54 Å². The first-order valence-corrected chi connectivity index (χ1v) is 19.9. The van der Waals surface area contributed by atoms with Crippen LogP contribution in [0.2, 0.25) is 18.1 Å². The Morgan fingerprint density at radius 1 is 0.560 bits per heavy atom. The van der Waals surface area contributed by atoms with Gasteiger partial charge in [-0.15, -0.1) is 0 Å². The highest BCUT2D eigenvalue weighted by Gasteiger charge is 2.35. The van der Waals surface area contributed by atoms with Gasteiger partial charge in [-0.1, -0.05) is 112 Å². The maximum atomic E-state index is 14.1. The first-order valence-electron chi connectivity index (χ1n) is 17.4. The predicted octanol–water partition coefficient (Wildman–Crippen LogP) is 10.6. The Hall–Kier alpha value is -4.50. The van der Waals surface area contributed by atoms with Crippen molar-refractivity contribution in [2.45, 2.75) is 71.4 Å². The van der Waals surface area contributed by atoms with Gasteiger partial charge in [0.05, 0.1) is 11.7 Å². The molecule has 0 heterocycles. The smallest absolute Gasteiger partial charge is 0.192 e. The summed E-state index contributed by atoms with van der Waals surface area (Å²) in [5.41, 5.74) is 4.36. The lowest BCUT2D eigenvalue weighted by atomic mass is 10.1. The van der Waals surface area contributed by atoms with Crippen LogP contribution in [0.4, 0.5) is 8.78 Å². The van der Waals surface area contributed by atoms with Gasteiger partial charge in [-0.05, 0) is 52.5 Å². The van der Waals surface area contributed by atoms with E-state index in [1.807, 2.05) is 103 Å². The number of benzene rings is 5. The van der Waals surface area contributed by atoms with E-state index in [9.17, 15) is 8.78 Å². The molecule has 5 aromatic carbocycles. The number of rotatable bonds is 19. The quantitative estimate of drug-likeness (QED) is 0.0872. The summed E-state index contributed by atoms with van der Waals surface area (Å²) in [6.07, 6.45) is -0.486. The molecular formula is C42H47F2NO4Si. The van der Waals surface area contributed by atoms with Crippen molar-refractivity contribution in [2.24, 2.45) is 0 Å². The van der Waals surface area contributed by atoms with Crippen LogP contribution in [0.1, 0.15) is 54.7 Å². The summed E-state index contributed by atoms with van der Waals surface area (Å²) in [7, 11) is -2.21. The van der Waals surface area contributed by atoms with Crippen LogP contribution in [0.5, 0.6) is 17.2 Å². The van der Waals surface area contributed by atoms with Crippen LogP contribution in [0, 0.1) is 11.6 Å². The first kappa shape index (κ1) is 36.8. The molecule has 5 nitrogen and oxygen atoms in total. The molecule has 0 bridgehead atoms. The van der Waals surface area contributed by atoms with Crippen molar-refractivity contribution >= 4 is 8.32 Å². The summed E-state index contributed by atoms with van der Waals surface area (Å²) in [5.74, 6) is 0.580. The van der Waals surface area contributed by atoms with Crippen LogP contribution >= 0.6 is 0 Å². The molecule has 0 radical (unpaired) electrons. The molecule has 5 aromatic rings. The van der Waals surface area contributed by atoms with Crippen LogP contribution in [-0.2, 0) is 30.8 Å². The summed E-state index contributed by atoms with van der Waals surface area (Å²) in [5, 5.41) is 3.43. The minimum absolute atomic E-state index is 0.256. The zero-order chi connectivity index (χ0) is 35.2. The Bertz CT molecular complexity index is 1660. The average Bonchev–Trinajstić information content (AvgIpc) is 3.15. The summed E-state index contributed by atoms with van der Waals surface area (Å²) >= 11 is 0. The number of hydrogen-bond acceptors (Lipinski definition) is 5. The van der Waals surface area contributed by atoms with Gasteiger partial charge in [0.1, 0.15) is 48.7 Å². The van der Waals surface area contributed by atoms with Crippen LogP contribution in [0.3, 0.4) is 0 Å². The maximum absolute atomic E-state index is 14.1. The molecule has 0 aliphatic heterocycles. The highest BCUT2D eigenvalue weighted by atomic mass is 28.4. The molecule has 0 fully saturated rings. The third-order valence-corrected chi connectivity index (χ3v) is 13.7. The summed E-state index contributed by atoms with van der Waals surface area (Å²) < 4.78 is 55.0. The largest absolute Gasteiger partial charge is 0.489 e. The monoisotopic (exact) mass is 695 g/mol. The molecule has 0 aliphatic carbocycles. The Kier molecular flexibility index (Phi) is 13.6. The van der Waals surface area contributed by atoms with Gasteiger partial charge in [-0.3, -0.25) is 0 Å². The summed E-state index contributed by atoms with van der Waals surface area (Å²) in [6, 6.07) is 40.2. The minimum atomic E-state index is -2.21. The molecule has 1 unspecified atom stereocenters. The minimum Gasteiger partial charge on any atom is -0.489 e. The van der Waals surface area contributed by atoms with E-state index < -0.39 is 26.1 Å². The van der Waals surface area contributed by atoms with E-state index in [4.69, 9.17) is 18.6 Å². The van der Waals surface area contributed by atoms with Crippen molar-refractivity contribution in [3.63, 3.8) is 0 Å². The fourth-order valence-corrected chi connectivity index (χ4v) is 8.80. The lowest BCUT2D eigenvalue weighted by Gasteiger charge is -2.35. The maximum Gasteiger partial charge on any atom is 0.192 e. The fourth-order valence-electron chi connectivity index (χ4n) is 5.99. The molecule has 0 aromatic heterocycles. The lowest BCUT2D eigenvalue weighted by Crippen LogP contribution is -2.40. The molecule has 1 atom stereocenters. The van der Waals surface area contributed by atoms with Crippen molar-refractivity contribution in [1.29, 1.82) is 0 Å². The summed E-state index contributed by atoms with van der Waals surface area (Å²) in [6.45, 7) is 8.23. The second-order valence-electron chi connectivity index (χ2n) is 12.4. The molecule has 5 rings (SSSR count). The molecule has 50 heavy (non-hydrogen) atoms.